The fourth-order valence-corrected chi connectivity index (χ4v) is 2.42. The van der Waals surface area contributed by atoms with Crippen molar-refractivity contribution in [2.24, 2.45) is 5.10 Å². The highest BCUT2D eigenvalue weighted by atomic mass is 35.5. The Labute approximate surface area is 136 Å². The molecule has 1 N–H and O–H groups in total. The third kappa shape index (κ3) is 7.49. The first-order chi connectivity index (χ1) is 10.1. The summed E-state index contributed by atoms with van der Waals surface area (Å²) in [5.74, 6) is -0.0788. The van der Waals surface area contributed by atoms with E-state index in [1.807, 2.05) is 0 Å². The van der Waals surface area contributed by atoms with Gasteiger partial charge in [-0.2, -0.15) is 5.10 Å². The van der Waals surface area contributed by atoms with E-state index in [2.05, 4.69) is 17.5 Å². The maximum absolute atomic E-state index is 11.6. The van der Waals surface area contributed by atoms with Crippen LogP contribution in [0.2, 0.25) is 10.0 Å². The number of rotatable bonds is 9. The first-order valence-electron chi connectivity index (χ1n) is 7.41. The van der Waals surface area contributed by atoms with E-state index >= 15 is 0 Å². The lowest BCUT2D eigenvalue weighted by atomic mass is 10.1. The summed E-state index contributed by atoms with van der Waals surface area (Å²) in [6, 6.07) is 5.22. The molecule has 1 amide bonds. The van der Waals surface area contributed by atoms with Crippen LogP contribution in [0.3, 0.4) is 0 Å². The van der Waals surface area contributed by atoms with Crippen molar-refractivity contribution >= 4 is 35.3 Å². The second kappa shape index (κ2) is 10.6. The molecule has 0 unspecified atom stereocenters. The molecule has 0 aliphatic rings. The Balaban J connectivity index is 2.25. The van der Waals surface area contributed by atoms with Gasteiger partial charge in [0.1, 0.15) is 0 Å². The molecule has 0 aliphatic carbocycles. The average Bonchev–Trinajstić information content (AvgIpc) is 2.46. The minimum absolute atomic E-state index is 0.0788. The molecule has 0 aromatic heterocycles. The Bertz CT molecular complexity index is 455. The summed E-state index contributed by atoms with van der Waals surface area (Å²) in [6.07, 6.45) is 8.92. The van der Waals surface area contributed by atoms with Gasteiger partial charge in [0.15, 0.2) is 0 Å². The van der Waals surface area contributed by atoms with Gasteiger partial charge in [0, 0.05) is 12.0 Å². The van der Waals surface area contributed by atoms with E-state index in [0.29, 0.717) is 22.0 Å². The maximum atomic E-state index is 11.6. The zero-order valence-corrected chi connectivity index (χ0v) is 13.9. The van der Waals surface area contributed by atoms with E-state index < -0.39 is 0 Å². The Morgan fingerprint density at radius 3 is 2.43 bits per heavy atom. The van der Waals surface area contributed by atoms with E-state index in [1.54, 1.807) is 18.2 Å². The van der Waals surface area contributed by atoms with Crippen LogP contribution in [0, 0.1) is 0 Å². The first kappa shape index (κ1) is 18.0. The van der Waals surface area contributed by atoms with Crippen LogP contribution < -0.4 is 5.43 Å². The standard InChI is InChI=1S/C16H22Cl2N2O/c1-2-3-4-5-6-7-11-16(21)20-19-12-13-14(17)9-8-10-15(13)18/h8-10,12H,2-7,11H2,1H3,(H,20,21)/b19-12+. The largest absolute Gasteiger partial charge is 0.273 e. The van der Waals surface area contributed by atoms with Gasteiger partial charge in [0.2, 0.25) is 5.91 Å². The van der Waals surface area contributed by atoms with Crippen molar-refractivity contribution in [2.45, 2.75) is 51.9 Å². The summed E-state index contributed by atoms with van der Waals surface area (Å²) < 4.78 is 0. The Kier molecular flexibility index (Phi) is 9.11. The molecular weight excluding hydrogens is 307 g/mol. The second-order valence-corrected chi connectivity index (χ2v) is 5.76. The monoisotopic (exact) mass is 328 g/mol. The van der Waals surface area contributed by atoms with Crippen LogP contribution in [0.4, 0.5) is 0 Å². The van der Waals surface area contributed by atoms with Gasteiger partial charge in [-0.05, 0) is 18.6 Å². The Morgan fingerprint density at radius 1 is 1.14 bits per heavy atom. The molecule has 116 valence electrons. The normalized spacial score (nSPS) is 11.0. The molecule has 21 heavy (non-hydrogen) atoms. The van der Waals surface area contributed by atoms with E-state index in [-0.39, 0.29) is 5.91 Å². The fourth-order valence-electron chi connectivity index (χ4n) is 1.92. The highest BCUT2D eigenvalue weighted by molar-refractivity contribution is 6.38. The third-order valence-electron chi connectivity index (χ3n) is 3.14. The van der Waals surface area contributed by atoms with E-state index in [1.165, 1.54) is 31.9 Å². The smallest absolute Gasteiger partial charge is 0.240 e. The Morgan fingerprint density at radius 2 is 1.76 bits per heavy atom. The number of nitrogens with zero attached hydrogens (tertiary/aromatic N) is 1. The molecular formula is C16H22Cl2N2O. The summed E-state index contributed by atoms with van der Waals surface area (Å²) in [4.78, 5) is 11.6. The van der Waals surface area contributed by atoms with Crippen LogP contribution in [-0.2, 0) is 4.79 Å². The highest BCUT2D eigenvalue weighted by Crippen LogP contribution is 2.21. The quantitative estimate of drug-likeness (QED) is 0.378. The van der Waals surface area contributed by atoms with Gasteiger partial charge < -0.3 is 0 Å². The minimum atomic E-state index is -0.0788. The van der Waals surface area contributed by atoms with Crippen molar-refractivity contribution in [2.75, 3.05) is 0 Å². The number of hydrazone groups is 1. The topological polar surface area (TPSA) is 41.5 Å². The van der Waals surface area contributed by atoms with Crippen molar-refractivity contribution in [1.82, 2.24) is 5.43 Å². The SMILES string of the molecule is CCCCCCCCC(=O)N/N=C/c1c(Cl)cccc1Cl. The van der Waals surface area contributed by atoms with E-state index in [0.717, 1.165) is 12.8 Å². The lowest BCUT2D eigenvalue weighted by Crippen LogP contribution is -2.16. The predicted molar refractivity (Wildman–Crippen MR) is 90.2 cm³/mol. The molecule has 1 aromatic rings. The zero-order valence-electron chi connectivity index (χ0n) is 12.4. The number of hydrogen-bond acceptors (Lipinski definition) is 2. The lowest BCUT2D eigenvalue weighted by Gasteiger charge is -2.02. The first-order valence-corrected chi connectivity index (χ1v) is 8.16. The summed E-state index contributed by atoms with van der Waals surface area (Å²) >= 11 is 12.0. The summed E-state index contributed by atoms with van der Waals surface area (Å²) in [6.45, 7) is 2.19. The number of carbonyl (C=O) groups is 1. The van der Waals surface area contributed by atoms with Crippen LogP contribution in [0.25, 0.3) is 0 Å². The molecule has 1 rings (SSSR count). The van der Waals surface area contributed by atoms with Gasteiger partial charge in [-0.3, -0.25) is 4.79 Å². The van der Waals surface area contributed by atoms with Crippen LogP contribution in [0.15, 0.2) is 23.3 Å². The highest BCUT2D eigenvalue weighted by Gasteiger charge is 2.03. The Hall–Kier alpha value is -1.06. The van der Waals surface area contributed by atoms with Crippen LogP contribution in [-0.4, -0.2) is 12.1 Å². The van der Waals surface area contributed by atoms with Crippen molar-refractivity contribution in [3.63, 3.8) is 0 Å². The zero-order chi connectivity index (χ0) is 15.5. The van der Waals surface area contributed by atoms with E-state index in [4.69, 9.17) is 23.2 Å². The van der Waals surface area contributed by atoms with Gasteiger partial charge >= 0.3 is 0 Å². The average molecular weight is 329 g/mol. The molecule has 0 heterocycles. The summed E-state index contributed by atoms with van der Waals surface area (Å²) in [5.41, 5.74) is 3.11. The number of amides is 1. The number of nitrogens with one attached hydrogen (secondary N) is 1. The maximum Gasteiger partial charge on any atom is 0.240 e. The fraction of sp³-hybridized carbons (Fsp3) is 0.500. The van der Waals surface area contributed by atoms with Gasteiger partial charge in [0.25, 0.3) is 0 Å². The molecule has 3 nitrogen and oxygen atoms in total. The number of halogens is 2. The van der Waals surface area contributed by atoms with Gasteiger partial charge in [0.05, 0.1) is 16.3 Å². The predicted octanol–water partition coefficient (Wildman–Crippen LogP) is 5.19. The van der Waals surface area contributed by atoms with Crippen LogP contribution in [0.1, 0.15) is 57.4 Å². The summed E-state index contributed by atoms with van der Waals surface area (Å²) in [7, 11) is 0. The minimum Gasteiger partial charge on any atom is -0.273 e. The van der Waals surface area contributed by atoms with Crippen molar-refractivity contribution < 1.29 is 4.79 Å². The molecule has 0 fully saturated rings. The molecule has 0 bridgehead atoms. The molecule has 0 saturated carbocycles. The summed E-state index contributed by atoms with van der Waals surface area (Å²) in [5, 5.41) is 4.92. The van der Waals surface area contributed by atoms with Crippen molar-refractivity contribution in [1.29, 1.82) is 0 Å². The van der Waals surface area contributed by atoms with Crippen LogP contribution in [0.5, 0.6) is 0 Å². The van der Waals surface area contributed by atoms with Gasteiger partial charge in [-0.15, -0.1) is 0 Å². The lowest BCUT2D eigenvalue weighted by molar-refractivity contribution is -0.121. The second-order valence-electron chi connectivity index (χ2n) is 4.95. The van der Waals surface area contributed by atoms with Crippen molar-refractivity contribution in [3.8, 4) is 0 Å². The van der Waals surface area contributed by atoms with E-state index in [9.17, 15) is 4.79 Å². The van der Waals surface area contributed by atoms with Gasteiger partial charge in [-0.25, -0.2) is 5.43 Å². The van der Waals surface area contributed by atoms with Crippen LogP contribution >= 0.6 is 23.2 Å². The number of carbonyl (C=O) groups excluding carboxylic acids is 1. The van der Waals surface area contributed by atoms with Crippen molar-refractivity contribution in [3.05, 3.63) is 33.8 Å². The molecule has 0 spiro atoms. The molecule has 0 saturated heterocycles. The number of benzene rings is 1. The van der Waals surface area contributed by atoms with Gasteiger partial charge in [-0.1, -0.05) is 68.3 Å². The molecule has 1 aromatic carbocycles. The number of hydrogen-bond donors (Lipinski definition) is 1. The molecule has 5 heteroatoms. The molecule has 0 radical (unpaired) electrons. The third-order valence-corrected chi connectivity index (χ3v) is 3.80. The molecule has 0 atom stereocenters. The number of unbranched alkanes of at least 4 members (excludes halogenated alkanes) is 5. The molecule has 0 aliphatic heterocycles.